The van der Waals surface area contributed by atoms with Gasteiger partial charge in [-0.05, 0) is 60.1 Å². The van der Waals surface area contributed by atoms with E-state index < -0.39 is 7.12 Å². The van der Waals surface area contributed by atoms with Gasteiger partial charge in [-0.1, -0.05) is 180 Å². The Balaban J connectivity index is 0.000000246. The quantitative estimate of drug-likeness (QED) is 0.0878. The largest absolute Gasteiger partial charge is 0.488 e. The number of hydrogen-bond donors (Lipinski definition) is 2. The van der Waals surface area contributed by atoms with E-state index in [-0.39, 0.29) is 65.4 Å². The average Bonchev–Trinajstić information content (AvgIpc) is 3.43. The van der Waals surface area contributed by atoms with Crippen LogP contribution in [0, 0.1) is 0 Å². The third-order valence-electron chi connectivity index (χ3n) is 10.1. The molecular formula is C54H46BCl3N6O2P4Y2. The van der Waals surface area contributed by atoms with Gasteiger partial charge in [0.2, 0.25) is 0 Å². The van der Waals surface area contributed by atoms with E-state index >= 15 is 0 Å². The summed E-state index contributed by atoms with van der Waals surface area (Å²) in [6.07, 6.45) is 3.68. The Labute approximate surface area is 496 Å². The molecule has 0 aliphatic rings. The van der Waals surface area contributed by atoms with Crippen LogP contribution in [0.25, 0.3) is 79.1 Å². The van der Waals surface area contributed by atoms with Crippen molar-refractivity contribution in [3.05, 3.63) is 234 Å². The van der Waals surface area contributed by atoms with E-state index in [0.717, 1.165) is 67.4 Å². The molecule has 0 amide bonds. The summed E-state index contributed by atoms with van der Waals surface area (Å²) in [7, 11) is 7.93. The van der Waals surface area contributed by atoms with Gasteiger partial charge in [0.25, 0.3) is 0 Å². The zero-order valence-corrected chi connectivity index (χ0v) is 51.1. The minimum absolute atomic E-state index is 0. The van der Waals surface area contributed by atoms with Crippen LogP contribution in [-0.2, 0) is 65.4 Å². The number of benzene rings is 6. The standard InChI is InChI=1S/C27H18ClN3.C21H14ClN3.C6H6BClO2.2H4P2.2Y/c28-23-14-11-20(12-15-23)25-17-26(31-27(30-25)21-9-5-2-6-10-21)22-13-16-24(29-18-22)19-7-3-1-4-8-19;22-20-13-19(24-21(25-20)16-9-5-2-6-10-16)17-11-12-18(23-14-17)15-7-3-1-4-8-15;8-6-3-1-5(2-4-6)7(9)10;2*1-2;;/h1-18H;1-14H;1-4,9-10H;2*1-2H2;;. The van der Waals surface area contributed by atoms with E-state index in [0.29, 0.717) is 32.3 Å². The van der Waals surface area contributed by atoms with Crippen LogP contribution in [0.4, 0.5) is 0 Å². The van der Waals surface area contributed by atoms with Gasteiger partial charge < -0.3 is 10.0 Å². The monoisotopic (exact) mass is 1230 g/mol. The number of hydrogen-bond acceptors (Lipinski definition) is 8. The van der Waals surface area contributed by atoms with Crippen LogP contribution in [0.15, 0.2) is 219 Å². The molecule has 4 atom stereocenters. The number of rotatable bonds is 8. The second-order valence-corrected chi connectivity index (χ2v) is 15.9. The van der Waals surface area contributed by atoms with Gasteiger partial charge in [0.1, 0.15) is 5.15 Å². The Hall–Kier alpha value is -3.44. The molecule has 354 valence electrons. The first-order chi connectivity index (χ1) is 34.3. The fourth-order valence-corrected chi connectivity index (χ4v) is 7.08. The summed E-state index contributed by atoms with van der Waals surface area (Å²) in [6.45, 7) is 0. The molecule has 0 aliphatic carbocycles. The van der Waals surface area contributed by atoms with Crippen LogP contribution in [0.2, 0.25) is 15.2 Å². The Bertz CT molecular complexity index is 3140. The van der Waals surface area contributed by atoms with Gasteiger partial charge in [0.05, 0.1) is 28.5 Å². The van der Waals surface area contributed by atoms with Crippen molar-refractivity contribution in [3.8, 4) is 79.1 Å². The molecule has 0 saturated carbocycles. The second-order valence-electron chi connectivity index (χ2n) is 14.6. The van der Waals surface area contributed by atoms with E-state index in [1.54, 1.807) is 30.3 Å². The maximum atomic E-state index is 8.63. The summed E-state index contributed by atoms with van der Waals surface area (Å²) in [5, 5.41) is 19.0. The van der Waals surface area contributed by atoms with E-state index in [1.165, 1.54) is 0 Å². The summed E-state index contributed by atoms with van der Waals surface area (Å²) >= 11 is 17.8. The van der Waals surface area contributed by atoms with Crippen molar-refractivity contribution in [3.63, 3.8) is 0 Å². The number of nitrogens with zero attached hydrogens (tertiary/aromatic N) is 6. The van der Waals surface area contributed by atoms with E-state index in [2.05, 4.69) is 73.8 Å². The number of pyridine rings is 2. The molecule has 10 aromatic rings. The molecular weight excluding hydrogens is 1180 g/mol. The van der Waals surface area contributed by atoms with Gasteiger partial charge in [-0.2, -0.15) is 0 Å². The van der Waals surface area contributed by atoms with Gasteiger partial charge in [-0.15, -0.1) is 35.7 Å². The van der Waals surface area contributed by atoms with Crippen LogP contribution in [0.1, 0.15) is 0 Å². The summed E-state index contributed by atoms with van der Waals surface area (Å²) in [5.74, 6) is 1.28. The molecule has 6 aromatic carbocycles. The predicted molar refractivity (Wildman–Crippen MR) is 308 cm³/mol. The Kier molecular flexibility index (Phi) is 27.8. The third-order valence-corrected chi connectivity index (χ3v) is 10.7. The van der Waals surface area contributed by atoms with E-state index in [4.69, 9.17) is 54.8 Å². The topological polar surface area (TPSA) is 118 Å². The molecule has 4 heterocycles. The van der Waals surface area contributed by atoms with Crippen molar-refractivity contribution in [2.45, 2.75) is 0 Å². The molecule has 8 nitrogen and oxygen atoms in total. The second kappa shape index (κ2) is 32.8. The SMILES string of the molecule is Clc1cc(-c2ccc(-c3ccccc3)nc2)nc(-c2ccccc2)n1.Clc1ccc(-c2cc(-c3ccc(-c4ccccc4)nc3)nc(-c3ccccc3)n2)cc1.OB(O)c1ccc(Cl)cc1.PP.PP.[Y].[Y]. The molecule has 18 heteroatoms. The fourth-order valence-electron chi connectivity index (χ4n) is 6.65. The van der Waals surface area contributed by atoms with Gasteiger partial charge in [-0.3, -0.25) is 9.97 Å². The first-order valence-corrected chi connectivity index (χ1v) is 27.8. The Morgan fingerprint density at radius 1 is 0.333 bits per heavy atom. The van der Waals surface area contributed by atoms with Crippen LogP contribution >= 0.6 is 70.5 Å². The van der Waals surface area contributed by atoms with Gasteiger partial charge >= 0.3 is 7.12 Å². The van der Waals surface area contributed by atoms with Gasteiger partial charge in [0.15, 0.2) is 11.6 Å². The molecule has 4 unspecified atom stereocenters. The molecule has 10 rings (SSSR count). The fraction of sp³-hybridized carbons (Fsp3) is 0. The summed E-state index contributed by atoms with van der Waals surface area (Å²) in [4.78, 5) is 27.8. The average molecular weight is 1230 g/mol. The summed E-state index contributed by atoms with van der Waals surface area (Å²) in [5.41, 5.74) is 11.6. The molecule has 0 aliphatic heterocycles. The van der Waals surface area contributed by atoms with E-state index in [9.17, 15) is 0 Å². The maximum absolute atomic E-state index is 8.63. The molecule has 2 N–H and O–H groups in total. The van der Waals surface area contributed by atoms with Crippen molar-refractivity contribution >= 4 is 83.1 Å². The first kappa shape index (κ1) is 61.1. The van der Waals surface area contributed by atoms with Crippen molar-refractivity contribution in [1.29, 1.82) is 0 Å². The molecule has 0 bridgehead atoms. The predicted octanol–water partition coefficient (Wildman–Crippen LogP) is 14.0. The molecule has 2 radical (unpaired) electrons. The van der Waals surface area contributed by atoms with Crippen molar-refractivity contribution < 1.29 is 75.5 Å². The minimum Gasteiger partial charge on any atom is -0.423 e. The molecule has 0 spiro atoms. The van der Waals surface area contributed by atoms with Crippen LogP contribution in [0.5, 0.6) is 0 Å². The molecule has 4 aromatic heterocycles. The van der Waals surface area contributed by atoms with Crippen molar-refractivity contribution in [1.82, 2.24) is 29.9 Å². The zero-order chi connectivity index (χ0) is 49.7. The normalized spacial score (nSPS) is 9.79. The van der Waals surface area contributed by atoms with E-state index in [1.807, 2.05) is 170 Å². The van der Waals surface area contributed by atoms with Gasteiger partial charge in [-0.25, -0.2) is 19.9 Å². The van der Waals surface area contributed by atoms with Gasteiger partial charge in [0, 0.05) is 133 Å². The zero-order valence-electron chi connectivity index (χ0n) is 38.5. The molecule has 0 fully saturated rings. The van der Waals surface area contributed by atoms with Crippen molar-refractivity contribution in [2.24, 2.45) is 0 Å². The summed E-state index contributed by atoms with van der Waals surface area (Å²) < 4.78 is 0. The smallest absolute Gasteiger partial charge is 0.423 e. The number of aromatic nitrogens is 6. The van der Waals surface area contributed by atoms with Crippen LogP contribution in [-0.4, -0.2) is 47.1 Å². The minimum atomic E-state index is -1.41. The third kappa shape index (κ3) is 18.4. The molecule has 72 heavy (non-hydrogen) atoms. The Morgan fingerprint density at radius 3 is 1.03 bits per heavy atom. The first-order valence-electron chi connectivity index (χ1n) is 21.4. The van der Waals surface area contributed by atoms with Crippen LogP contribution < -0.4 is 5.46 Å². The maximum Gasteiger partial charge on any atom is 0.488 e. The Morgan fingerprint density at radius 2 is 0.653 bits per heavy atom. The number of halogens is 3. The molecule has 0 saturated heterocycles. The van der Waals surface area contributed by atoms with Crippen LogP contribution in [0.3, 0.4) is 0 Å². The summed E-state index contributed by atoms with van der Waals surface area (Å²) in [6, 6.07) is 65.9. The van der Waals surface area contributed by atoms with Crippen molar-refractivity contribution in [2.75, 3.05) is 0 Å².